The maximum Gasteiger partial charge on any atom is 0.364 e. The lowest BCUT2D eigenvalue weighted by Crippen LogP contribution is -2.71. The van der Waals surface area contributed by atoms with Gasteiger partial charge in [0.15, 0.2) is 44.0 Å². The van der Waals surface area contributed by atoms with Gasteiger partial charge in [0, 0.05) is 54.4 Å². The summed E-state index contributed by atoms with van der Waals surface area (Å²) < 4.78 is 101. The third kappa shape index (κ3) is 24.4. The number of hydrogen-bond acceptors (Lipinski definition) is 50. The highest BCUT2D eigenvalue weighted by atomic mass is 16.8. The van der Waals surface area contributed by atoms with Crippen molar-refractivity contribution in [1.82, 2.24) is 31.9 Å². The fourth-order valence-electron chi connectivity index (χ4n) is 16.4. The standard InChI is InChI=1S/C72H118N6O52/c1-18(85)73-35-24(91)7-71(69(110)111,129-57(35)41(95)26(93)9-79)115-16-33-45(99)48(102)38(76-21(4)88)63(121-33)127-60-52(106)43(97)28(11-81)118-67(60)114-15-32-47(101)59(54(108)66(123-32)125-56-31(14-84)120-65(40(51(56)105)78-23(6)90)124-55-30(13-83)117-62(109)37(50(55)104)75-20(3)87)126-68-61(53(107)44(98)29(12-82)119-68)128-64-39(77-22(5)89)49(103)46(100)34(122-64)17-116-72(70(112)113)8-25(92)36(74-19(2)86)58(130-72)42(96)27(94)10-80/h24-68,79-84,91-109H,7-17H2,1-6H3,(H,73,85)(H,74,86)(H,75,87)(H,76,88)(H,77,89)(H,78,90)(H,110,111)(H,112,113)/t24-,25-,26+,27+,28+,29+,30+,31+,32+,33+,34+,35+,36+,37+,38+,39+,40-,41+,42+,43+,44+,45+,46+,47+,48+,49+,50+,51+,52-,53-,54-,55+,56+,57+,58+,59-,60-,61-,62+,63-,64-,65-,66-,67-,68+,71+,72+/m0/s1. The van der Waals surface area contributed by atoms with Crippen LogP contribution in [0.3, 0.4) is 0 Å². The first-order valence-corrected chi connectivity index (χ1v) is 40.9. The fourth-order valence-corrected chi connectivity index (χ4v) is 16.4. The van der Waals surface area contributed by atoms with E-state index in [2.05, 4.69) is 31.9 Å². The first kappa shape index (κ1) is 108. The van der Waals surface area contributed by atoms with Gasteiger partial charge in [-0.3, -0.25) is 28.8 Å². The van der Waals surface area contributed by atoms with Gasteiger partial charge in [-0.1, -0.05) is 0 Å². The van der Waals surface area contributed by atoms with E-state index in [0.717, 1.165) is 41.5 Å². The van der Waals surface area contributed by atoms with Gasteiger partial charge < -0.3 is 250 Å². The van der Waals surface area contributed by atoms with Crippen LogP contribution in [0.4, 0.5) is 0 Å². The molecule has 0 unspecified atom stereocenters. The van der Waals surface area contributed by atoms with E-state index in [1.54, 1.807) is 0 Å². The Labute approximate surface area is 735 Å². The van der Waals surface area contributed by atoms with Crippen LogP contribution in [0.1, 0.15) is 54.4 Å². The minimum Gasteiger partial charge on any atom is -0.477 e. The van der Waals surface area contributed by atoms with Crippen LogP contribution in [-0.2, 0) is 119 Å². The molecule has 130 heavy (non-hydrogen) atoms. The number of ether oxygens (including phenoxy) is 17. The summed E-state index contributed by atoms with van der Waals surface area (Å²) in [6, 6.07) is -11.3. The van der Waals surface area contributed by atoms with E-state index in [1.165, 1.54) is 0 Å². The van der Waals surface area contributed by atoms with Gasteiger partial charge in [-0.25, -0.2) is 9.59 Å². The van der Waals surface area contributed by atoms with Crippen LogP contribution < -0.4 is 31.9 Å². The lowest BCUT2D eigenvalue weighted by Gasteiger charge is -2.51. The number of carboxylic acids is 2. The van der Waals surface area contributed by atoms with Gasteiger partial charge >= 0.3 is 11.9 Å². The summed E-state index contributed by atoms with van der Waals surface area (Å²) in [6.45, 7) is -5.57. The van der Waals surface area contributed by atoms with Crippen LogP contribution >= 0.6 is 0 Å². The van der Waals surface area contributed by atoms with E-state index in [4.69, 9.17) is 80.5 Å². The monoisotopic (exact) mass is 1900 g/mol. The second-order valence-corrected chi connectivity index (χ2v) is 32.6. The van der Waals surface area contributed by atoms with Crippen molar-refractivity contribution in [2.24, 2.45) is 0 Å². The molecule has 47 atom stereocenters. The number of carbonyl (C=O) groups excluding carboxylic acids is 6. The van der Waals surface area contributed by atoms with Gasteiger partial charge in [-0.15, -0.1) is 0 Å². The molecule has 9 rings (SSSR count). The Morgan fingerprint density at radius 1 is 0.315 bits per heavy atom. The number of aliphatic carboxylic acids is 2. The molecule has 748 valence electrons. The molecular weight excluding hydrogens is 1780 g/mol. The Hall–Kier alpha value is -5.92. The molecule has 58 heteroatoms. The number of carboxylic acid groups (broad SMARTS) is 2. The molecule has 9 aliphatic heterocycles. The highest BCUT2D eigenvalue weighted by Crippen LogP contribution is 2.42. The van der Waals surface area contributed by atoms with Crippen molar-refractivity contribution in [3.05, 3.63) is 0 Å². The molecule has 0 bridgehead atoms. The third-order valence-corrected chi connectivity index (χ3v) is 23.1. The average molecular weight is 1900 g/mol. The van der Waals surface area contributed by atoms with Crippen LogP contribution in [0.15, 0.2) is 0 Å². The number of rotatable bonds is 37. The molecular formula is C72H118N6O52. The Morgan fingerprint density at radius 3 is 1.00 bits per heavy atom. The Bertz CT molecular complexity index is 3720. The lowest BCUT2D eigenvalue weighted by molar-refractivity contribution is -0.397. The number of aliphatic hydroxyl groups excluding tert-OH is 25. The SMILES string of the molecule is CC(=O)N[C@@H]1[C@H](O[C@H]2[C@H](O)[C@@H](NC(C)=O)[C@H](O)O[C@@H]2CO)O[C@H](CO)[C@@H](O[C@@H]2O[C@H](CO[C@H]3O[C@H](CO)[C@@H](O)[C@H](O)[C@@H]3O[C@@H]3O[C@H](CO[C@]4(C(=O)O)C[C@H](O)[C@@H](NC(C)=O)[C@H]([C@H](O)[C@H](O)CO)O4)[C@@H](O)[C@H](O)[C@H]3NC(C)=O)[C@@H](O)[C@H](O[C@H]3O[C@H](CO)[C@@H](O)[C@H](O)[C@@H]3O[C@@H]3O[C@H](CO[C@]4(C(=O)O)C[C@H](O)[C@@H](NC(C)=O)[C@H]([C@H](O)[C@H](O)CO)O4)[C@@H](O)[C@H](O)[C@H]3NC(C)=O)[C@@H]2O)[C@@H]1O. The van der Waals surface area contributed by atoms with Crippen LogP contribution in [0, 0.1) is 0 Å². The van der Waals surface area contributed by atoms with Gasteiger partial charge in [-0.2, -0.15) is 0 Å². The number of hydrogen-bond donors (Lipinski definition) is 33. The summed E-state index contributed by atoms with van der Waals surface area (Å²) in [6.07, 6.45) is -90.3. The molecule has 58 nitrogen and oxygen atoms in total. The van der Waals surface area contributed by atoms with Crippen molar-refractivity contribution in [2.45, 2.75) is 342 Å². The quantitative estimate of drug-likeness (QED) is 0.0275. The zero-order chi connectivity index (χ0) is 96.6. The molecule has 0 aromatic rings. The van der Waals surface area contributed by atoms with Crippen molar-refractivity contribution in [3.8, 4) is 0 Å². The molecule has 9 saturated heterocycles. The zero-order valence-corrected chi connectivity index (χ0v) is 70.0. The predicted molar refractivity (Wildman–Crippen MR) is 401 cm³/mol. The summed E-state index contributed by atoms with van der Waals surface area (Å²) in [5.41, 5.74) is 0. The summed E-state index contributed by atoms with van der Waals surface area (Å²) in [4.78, 5) is 102. The van der Waals surface area contributed by atoms with E-state index in [9.17, 15) is 176 Å². The molecule has 0 aliphatic carbocycles. The van der Waals surface area contributed by atoms with Crippen molar-refractivity contribution < 1.29 is 257 Å². The minimum atomic E-state index is -3.18. The summed E-state index contributed by atoms with van der Waals surface area (Å²) >= 11 is 0. The van der Waals surface area contributed by atoms with Gasteiger partial charge in [0.25, 0.3) is 11.6 Å². The maximum atomic E-state index is 13.2. The highest BCUT2D eigenvalue weighted by Gasteiger charge is 2.63. The van der Waals surface area contributed by atoms with Crippen molar-refractivity contribution in [3.63, 3.8) is 0 Å². The Kier molecular flexibility index (Phi) is 38.4. The first-order valence-electron chi connectivity index (χ1n) is 40.9. The number of nitrogens with one attached hydrogen (secondary N) is 6. The third-order valence-electron chi connectivity index (χ3n) is 23.1. The summed E-state index contributed by atoms with van der Waals surface area (Å²) in [5.74, 6) is -16.2. The predicted octanol–water partition coefficient (Wildman–Crippen LogP) is -21.4. The molecule has 0 spiro atoms. The van der Waals surface area contributed by atoms with E-state index in [1.807, 2.05) is 0 Å². The molecule has 0 radical (unpaired) electrons. The fraction of sp³-hybridized carbons (Fsp3) is 0.889. The molecule has 0 saturated carbocycles. The highest BCUT2D eigenvalue weighted by molar-refractivity contribution is 5.78. The van der Waals surface area contributed by atoms with Crippen LogP contribution in [-0.4, -0.2) is 532 Å². The summed E-state index contributed by atoms with van der Waals surface area (Å²) in [5, 5.41) is 317. The largest absolute Gasteiger partial charge is 0.477 e. The Morgan fingerprint density at radius 2 is 0.615 bits per heavy atom. The first-order chi connectivity index (χ1) is 61.1. The van der Waals surface area contributed by atoms with Gasteiger partial charge in [0.05, 0.1) is 83.8 Å². The zero-order valence-electron chi connectivity index (χ0n) is 70.0. The van der Waals surface area contributed by atoms with E-state index < -0.39 is 407 Å². The average Bonchev–Trinajstić information content (AvgIpc) is 0.765. The molecule has 6 amide bonds. The van der Waals surface area contributed by atoms with Crippen molar-refractivity contribution in [1.29, 1.82) is 0 Å². The molecule has 9 aliphatic rings. The number of carbonyl (C=O) groups is 8. The lowest BCUT2D eigenvalue weighted by atomic mass is 9.88. The van der Waals surface area contributed by atoms with E-state index >= 15 is 0 Å². The molecule has 9 heterocycles. The van der Waals surface area contributed by atoms with Gasteiger partial charge in [-0.05, 0) is 0 Å². The van der Waals surface area contributed by atoms with Crippen LogP contribution in [0.25, 0.3) is 0 Å². The van der Waals surface area contributed by atoms with Crippen molar-refractivity contribution in [2.75, 3.05) is 59.5 Å². The molecule has 0 aromatic heterocycles. The number of amides is 6. The molecule has 0 aromatic carbocycles. The van der Waals surface area contributed by atoms with Crippen LogP contribution in [0.2, 0.25) is 0 Å². The second kappa shape index (κ2) is 46.3. The number of aliphatic hydroxyl groups is 25. The van der Waals surface area contributed by atoms with Crippen LogP contribution in [0.5, 0.6) is 0 Å². The van der Waals surface area contributed by atoms with Gasteiger partial charge in [0.1, 0.15) is 207 Å². The van der Waals surface area contributed by atoms with E-state index in [-0.39, 0.29) is 0 Å². The smallest absolute Gasteiger partial charge is 0.364 e. The normalized spacial score (nSPS) is 44.6. The summed E-state index contributed by atoms with van der Waals surface area (Å²) in [7, 11) is 0. The minimum absolute atomic E-state index is 0.824. The van der Waals surface area contributed by atoms with E-state index in [0.29, 0.717) is 0 Å². The maximum absolute atomic E-state index is 13.2. The second-order valence-electron chi connectivity index (χ2n) is 32.6. The molecule has 33 N–H and O–H groups in total. The Balaban J connectivity index is 1.07. The van der Waals surface area contributed by atoms with Crippen molar-refractivity contribution >= 4 is 47.4 Å². The van der Waals surface area contributed by atoms with Gasteiger partial charge in [0.2, 0.25) is 35.4 Å². The topological polar surface area (TPSA) is 912 Å². The molecule has 9 fully saturated rings.